The number of rotatable bonds is 4. The molecule has 0 bridgehead atoms. The monoisotopic (exact) mass is 471 g/mol. The van der Waals surface area contributed by atoms with Crippen LogP contribution in [0.5, 0.6) is 0 Å². The first-order valence-electron chi connectivity index (χ1n) is 9.70. The van der Waals surface area contributed by atoms with Crippen molar-refractivity contribution >= 4 is 23.2 Å². The van der Waals surface area contributed by atoms with E-state index < -0.39 is 41.3 Å². The molecule has 7 nitrogen and oxygen atoms in total. The van der Waals surface area contributed by atoms with Gasteiger partial charge in [0.2, 0.25) is 0 Å². The number of aliphatic hydroxyl groups excluding tert-OH is 1. The maximum atomic E-state index is 13.3. The Morgan fingerprint density at radius 1 is 1.28 bits per heavy atom. The molecule has 1 aliphatic rings. The number of aliphatic hydroxyl groups is 1. The van der Waals surface area contributed by atoms with Crippen LogP contribution in [0.15, 0.2) is 30.5 Å². The Morgan fingerprint density at radius 3 is 2.56 bits per heavy atom. The van der Waals surface area contributed by atoms with Gasteiger partial charge in [-0.05, 0) is 44.0 Å². The zero-order chi connectivity index (χ0) is 23.2. The number of amides is 1. The summed E-state index contributed by atoms with van der Waals surface area (Å²) in [7, 11) is 0. The highest BCUT2D eigenvalue weighted by molar-refractivity contribution is 6.32. The second kappa shape index (κ2) is 8.21. The summed E-state index contributed by atoms with van der Waals surface area (Å²) in [4.78, 5) is 14.7. The molecule has 170 valence electrons. The summed E-state index contributed by atoms with van der Waals surface area (Å²) >= 11 is 5.80. The van der Waals surface area contributed by atoms with Gasteiger partial charge in [0.05, 0.1) is 40.6 Å². The van der Waals surface area contributed by atoms with E-state index in [4.69, 9.17) is 11.6 Å². The Balaban J connectivity index is 1.70. The van der Waals surface area contributed by atoms with E-state index in [0.717, 1.165) is 4.68 Å². The number of hydrogen-bond donors (Lipinski definition) is 1. The number of fused-ring (bicyclic) bond motifs is 1. The molecule has 1 N–H and O–H groups in total. The fraction of sp³-hybridized carbons (Fsp3) is 0.350. The molecular weight excluding hydrogens is 454 g/mol. The Hall–Kier alpha value is -2.92. The molecule has 1 aliphatic heterocycles. The van der Waals surface area contributed by atoms with Crippen molar-refractivity contribution in [3.05, 3.63) is 58.4 Å². The van der Waals surface area contributed by atoms with E-state index in [1.54, 1.807) is 16.8 Å². The SMILES string of the molecule is Cc1c(Cl)c(C(F)(F)F)nn1C(CO)C(=O)N1CCCc2c1cnn2-c1ccc(F)cc1. The maximum absolute atomic E-state index is 13.3. The van der Waals surface area contributed by atoms with Gasteiger partial charge in [0, 0.05) is 6.54 Å². The van der Waals surface area contributed by atoms with Gasteiger partial charge in [-0.15, -0.1) is 0 Å². The van der Waals surface area contributed by atoms with Crippen LogP contribution in [0.25, 0.3) is 5.69 Å². The summed E-state index contributed by atoms with van der Waals surface area (Å²) in [6, 6.07) is 4.28. The van der Waals surface area contributed by atoms with E-state index in [9.17, 15) is 27.5 Å². The summed E-state index contributed by atoms with van der Waals surface area (Å²) in [5, 5.41) is 17.0. The summed E-state index contributed by atoms with van der Waals surface area (Å²) < 4.78 is 55.3. The van der Waals surface area contributed by atoms with Crippen LogP contribution < -0.4 is 4.90 Å². The molecule has 0 fully saturated rings. The Kier molecular flexibility index (Phi) is 5.72. The normalized spacial score (nSPS) is 15.0. The number of alkyl halides is 3. The first kappa shape index (κ1) is 22.3. The lowest BCUT2D eigenvalue weighted by atomic mass is 10.1. The molecule has 12 heteroatoms. The van der Waals surface area contributed by atoms with E-state index >= 15 is 0 Å². The molecule has 2 aromatic heterocycles. The van der Waals surface area contributed by atoms with Crippen LogP contribution in [-0.2, 0) is 17.4 Å². The molecule has 0 aliphatic carbocycles. The van der Waals surface area contributed by atoms with Gasteiger partial charge in [0.25, 0.3) is 5.91 Å². The van der Waals surface area contributed by atoms with E-state index in [2.05, 4.69) is 10.2 Å². The molecular formula is C20H18ClF4N5O2. The molecule has 1 atom stereocenters. The van der Waals surface area contributed by atoms with Crippen LogP contribution in [0.3, 0.4) is 0 Å². The lowest BCUT2D eigenvalue weighted by Crippen LogP contribution is -2.42. The number of aromatic nitrogens is 4. The van der Waals surface area contributed by atoms with Crippen LogP contribution in [0.1, 0.15) is 29.5 Å². The standard InChI is InChI=1S/C20H18ClF4N5O2/c1-11-17(21)18(20(23,24)25)27-29(11)16(10-31)19(32)28-8-2-3-14-15(28)9-26-30(14)13-6-4-12(22)5-7-13/h4-7,9,16,31H,2-3,8,10H2,1H3. The average molecular weight is 472 g/mol. The molecule has 32 heavy (non-hydrogen) atoms. The number of hydrogen-bond acceptors (Lipinski definition) is 4. The third-order valence-corrected chi connectivity index (χ3v) is 5.82. The average Bonchev–Trinajstić information content (AvgIpc) is 3.31. The second-order valence-corrected chi connectivity index (χ2v) is 7.72. The van der Waals surface area contributed by atoms with Gasteiger partial charge in [-0.2, -0.15) is 23.4 Å². The van der Waals surface area contributed by atoms with E-state index in [0.29, 0.717) is 29.9 Å². The predicted octanol–water partition coefficient (Wildman–Crippen LogP) is 3.70. The molecule has 1 unspecified atom stereocenters. The Labute approximate surface area is 184 Å². The van der Waals surface area contributed by atoms with Crippen molar-refractivity contribution in [3.63, 3.8) is 0 Å². The number of anilines is 1. The van der Waals surface area contributed by atoms with Gasteiger partial charge in [-0.25, -0.2) is 9.07 Å². The van der Waals surface area contributed by atoms with Crippen molar-refractivity contribution in [2.75, 3.05) is 18.1 Å². The number of benzene rings is 1. The molecule has 3 aromatic rings. The van der Waals surface area contributed by atoms with Crippen molar-refractivity contribution in [2.45, 2.75) is 32.0 Å². The van der Waals surface area contributed by atoms with Gasteiger partial charge in [0.1, 0.15) is 5.82 Å². The largest absolute Gasteiger partial charge is 0.436 e. The Bertz CT molecular complexity index is 1160. The smallest absolute Gasteiger partial charge is 0.394 e. The molecule has 4 rings (SSSR count). The highest BCUT2D eigenvalue weighted by Crippen LogP contribution is 2.37. The van der Waals surface area contributed by atoms with E-state index in [-0.39, 0.29) is 12.2 Å². The van der Waals surface area contributed by atoms with Gasteiger partial charge >= 0.3 is 6.18 Å². The van der Waals surface area contributed by atoms with Gasteiger partial charge < -0.3 is 10.0 Å². The summed E-state index contributed by atoms with van der Waals surface area (Å²) in [5.41, 5.74) is 0.372. The highest BCUT2D eigenvalue weighted by atomic mass is 35.5. The lowest BCUT2D eigenvalue weighted by Gasteiger charge is -2.30. The molecule has 1 aromatic carbocycles. The Morgan fingerprint density at radius 2 is 1.97 bits per heavy atom. The van der Waals surface area contributed by atoms with Crippen molar-refractivity contribution < 1.29 is 27.5 Å². The first-order valence-corrected chi connectivity index (χ1v) is 10.1. The maximum Gasteiger partial charge on any atom is 0.436 e. The molecule has 1 amide bonds. The van der Waals surface area contributed by atoms with Gasteiger partial charge in [-0.1, -0.05) is 11.6 Å². The highest BCUT2D eigenvalue weighted by Gasteiger charge is 2.40. The topological polar surface area (TPSA) is 76.2 Å². The predicted molar refractivity (Wildman–Crippen MR) is 107 cm³/mol. The molecule has 0 saturated heterocycles. The minimum absolute atomic E-state index is 0.0781. The fourth-order valence-electron chi connectivity index (χ4n) is 3.81. The van der Waals surface area contributed by atoms with Crippen LogP contribution in [-0.4, -0.2) is 43.7 Å². The van der Waals surface area contributed by atoms with Crippen LogP contribution in [0.2, 0.25) is 5.02 Å². The molecule has 0 spiro atoms. The summed E-state index contributed by atoms with van der Waals surface area (Å²) in [6.45, 7) is 0.819. The third-order valence-electron chi connectivity index (χ3n) is 5.37. The molecule has 0 saturated carbocycles. The third kappa shape index (κ3) is 3.75. The van der Waals surface area contributed by atoms with Crippen molar-refractivity contribution in [1.82, 2.24) is 19.6 Å². The summed E-state index contributed by atoms with van der Waals surface area (Å²) in [6.07, 6.45) is -2.18. The number of halogens is 5. The summed E-state index contributed by atoms with van der Waals surface area (Å²) in [5.74, 6) is -1.04. The van der Waals surface area contributed by atoms with Crippen molar-refractivity contribution in [2.24, 2.45) is 0 Å². The van der Waals surface area contributed by atoms with E-state index in [1.165, 1.54) is 30.2 Å². The number of carbonyl (C=O) groups is 1. The van der Waals surface area contributed by atoms with Crippen LogP contribution in [0.4, 0.5) is 23.2 Å². The lowest BCUT2D eigenvalue weighted by molar-refractivity contribution is -0.142. The van der Waals surface area contributed by atoms with Crippen LogP contribution >= 0.6 is 11.6 Å². The zero-order valence-corrected chi connectivity index (χ0v) is 17.5. The number of nitrogens with zero attached hydrogens (tertiary/aromatic N) is 5. The first-order chi connectivity index (χ1) is 15.1. The minimum atomic E-state index is -4.80. The minimum Gasteiger partial charge on any atom is -0.394 e. The van der Waals surface area contributed by atoms with Crippen molar-refractivity contribution in [1.29, 1.82) is 0 Å². The quantitative estimate of drug-likeness (QED) is 0.589. The van der Waals surface area contributed by atoms with E-state index in [1.807, 2.05) is 0 Å². The van der Waals surface area contributed by atoms with Crippen LogP contribution in [0, 0.1) is 12.7 Å². The van der Waals surface area contributed by atoms with Gasteiger partial charge in [0.15, 0.2) is 11.7 Å². The fourth-order valence-corrected chi connectivity index (χ4v) is 4.04. The zero-order valence-electron chi connectivity index (χ0n) is 16.8. The number of carbonyl (C=O) groups excluding carboxylic acids is 1. The second-order valence-electron chi connectivity index (χ2n) is 7.35. The molecule has 0 radical (unpaired) electrons. The van der Waals surface area contributed by atoms with Crippen molar-refractivity contribution in [3.8, 4) is 5.69 Å². The van der Waals surface area contributed by atoms with Gasteiger partial charge in [-0.3, -0.25) is 9.48 Å². The molecule has 3 heterocycles.